The van der Waals surface area contributed by atoms with E-state index in [0.717, 1.165) is 12.3 Å². The summed E-state index contributed by atoms with van der Waals surface area (Å²) >= 11 is 0. The fraction of sp³-hybridized carbons (Fsp3) is 0.316. The molecule has 1 aliphatic heterocycles. The Morgan fingerprint density at radius 3 is 2.34 bits per heavy atom. The standard InChI is InChI=1S/C19H21FN2O5S2/c1-10-13(20)9-12(19(2,3)4)17(23)16(10)18-21-14-7-6-11(28(5,24)25)8-15(14)29(26,27)22-18/h6-9,23H,1-5H3,(H,21,22). The Labute approximate surface area is 169 Å². The normalized spacial score (nSPS) is 16.0. The lowest BCUT2D eigenvalue weighted by Crippen LogP contribution is -2.25. The van der Waals surface area contributed by atoms with E-state index >= 15 is 0 Å². The van der Waals surface area contributed by atoms with Gasteiger partial charge in [0.2, 0.25) is 0 Å². The van der Waals surface area contributed by atoms with Gasteiger partial charge in [0.1, 0.15) is 16.5 Å². The number of sulfone groups is 1. The van der Waals surface area contributed by atoms with Crippen molar-refractivity contribution in [3.63, 3.8) is 0 Å². The number of sulfonamides is 1. The summed E-state index contributed by atoms with van der Waals surface area (Å²) < 4.78 is 67.2. The Bertz CT molecular complexity index is 1270. The number of rotatable bonds is 2. The summed E-state index contributed by atoms with van der Waals surface area (Å²) in [6.07, 6.45) is 0.967. The van der Waals surface area contributed by atoms with E-state index < -0.39 is 31.1 Å². The zero-order valence-electron chi connectivity index (χ0n) is 16.5. The fourth-order valence-electron chi connectivity index (χ4n) is 3.07. The first-order chi connectivity index (χ1) is 13.1. The predicted molar refractivity (Wildman–Crippen MR) is 108 cm³/mol. The van der Waals surface area contributed by atoms with Gasteiger partial charge in [-0.15, -0.1) is 4.40 Å². The molecular formula is C19H21FN2O5S2. The first kappa shape index (κ1) is 21.3. The third kappa shape index (κ3) is 3.74. The molecule has 0 amide bonds. The van der Waals surface area contributed by atoms with Crippen LogP contribution in [0.25, 0.3) is 0 Å². The molecule has 0 spiro atoms. The zero-order valence-corrected chi connectivity index (χ0v) is 18.2. The van der Waals surface area contributed by atoms with Crippen LogP contribution in [0.3, 0.4) is 0 Å². The first-order valence-electron chi connectivity index (χ1n) is 8.62. The van der Waals surface area contributed by atoms with Crippen molar-refractivity contribution in [1.82, 2.24) is 0 Å². The van der Waals surface area contributed by atoms with Crippen molar-refractivity contribution in [3.8, 4) is 5.75 Å². The molecule has 0 unspecified atom stereocenters. The highest BCUT2D eigenvalue weighted by Crippen LogP contribution is 2.39. The zero-order chi connectivity index (χ0) is 21.9. The van der Waals surface area contributed by atoms with Crippen molar-refractivity contribution in [2.75, 3.05) is 11.6 Å². The Morgan fingerprint density at radius 2 is 1.79 bits per heavy atom. The molecule has 0 saturated heterocycles. The topological polar surface area (TPSA) is 113 Å². The van der Waals surface area contributed by atoms with Crippen molar-refractivity contribution in [2.45, 2.75) is 42.9 Å². The molecule has 3 rings (SSSR count). The van der Waals surface area contributed by atoms with E-state index in [2.05, 4.69) is 9.71 Å². The van der Waals surface area contributed by atoms with E-state index in [-0.39, 0.29) is 38.2 Å². The SMILES string of the molecule is Cc1c(F)cc(C(C)(C)C)c(O)c1C1=NS(=O)(=O)c2cc(S(C)(=O)=O)ccc2N1. The molecule has 7 nitrogen and oxygen atoms in total. The molecule has 0 atom stereocenters. The van der Waals surface area contributed by atoms with Crippen LogP contribution in [0.4, 0.5) is 10.1 Å². The molecule has 2 N–H and O–H groups in total. The molecule has 0 aromatic heterocycles. The van der Waals surface area contributed by atoms with Crippen LogP contribution >= 0.6 is 0 Å². The maximum atomic E-state index is 14.6. The lowest BCUT2D eigenvalue weighted by molar-refractivity contribution is 0.441. The summed E-state index contributed by atoms with van der Waals surface area (Å²) in [5.41, 5.74) is -0.243. The molecule has 29 heavy (non-hydrogen) atoms. The Balaban J connectivity index is 2.26. The number of hydrogen-bond acceptors (Lipinski definition) is 6. The minimum Gasteiger partial charge on any atom is -0.507 e. The fourth-order valence-corrected chi connectivity index (χ4v) is 4.94. The van der Waals surface area contributed by atoms with Crippen molar-refractivity contribution >= 4 is 31.4 Å². The van der Waals surface area contributed by atoms with Crippen molar-refractivity contribution in [3.05, 3.63) is 46.8 Å². The van der Waals surface area contributed by atoms with E-state index in [0.29, 0.717) is 5.56 Å². The van der Waals surface area contributed by atoms with Gasteiger partial charge < -0.3 is 10.4 Å². The lowest BCUT2D eigenvalue weighted by atomic mass is 9.83. The van der Waals surface area contributed by atoms with Gasteiger partial charge in [-0.1, -0.05) is 20.8 Å². The van der Waals surface area contributed by atoms with Gasteiger partial charge in [0, 0.05) is 11.8 Å². The van der Waals surface area contributed by atoms with Crippen LogP contribution < -0.4 is 5.32 Å². The molecule has 0 radical (unpaired) electrons. The molecule has 0 fully saturated rings. The Morgan fingerprint density at radius 1 is 1.17 bits per heavy atom. The minimum atomic E-state index is -4.29. The number of benzene rings is 2. The number of nitrogens with zero attached hydrogens (tertiary/aromatic N) is 1. The average molecular weight is 441 g/mol. The number of anilines is 1. The summed E-state index contributed by atoms with van der Waals surface area (Å²) in [4.78, 5) is -0.478. The minimum absolute atomic E-state index is 0.0353. The predicted octanol–water partition coefficient (Wildman–Crippen LogP) is 3.10. The molecular weight excluding hydrogens is 419 g/mol. The number of phenols is 1. The molecule has 10 heteroatoms. The first-order valence-corrected chi connectivity index (χ1v) is 11.9. The Kier molecular flexibility index (Phi) is 4.78. The molecule has 0 bridgehead atoms. The van der Waals surface area contributed by atoms with Crippen LogP contribution in [0.5, 0.6) is 5.75 Å². The van der Waals surface area contributed by atoms with E-state index in [1.807, 2.05) is 0 Å². The van der Waals surface area contributed by atoms with Crippen molar-refractivity contribution < 1.29 is 26.3 Å². The molecule has 1 heterocycles. The Hall–Kier alpha value is -2.46. The van der Waals surface area contributed by atoms with Gasteiger partial charge in [-0.3, -0.25) is 0 Å². The second-order valence-electron chi connectivity index (χ2n) is 7.97. The van der Waals surface area contributed by atoms with Crippen molar-refractivity contribution in [1.29, 1.82) is 0 Å². The van der Waals surface area contributed by atoms with Crippen LogP contribution in [-0.2, 0) is 25.3 Å². The number of amidine groups is 1. The quantitative estimate of drug-likeness (QED) is 0.742. The maximum absolute atomic E-state index is 14.6. The number of nitrogens with one attached hydrogen (secondary N) is 1. The van der Waals surface area contributed by atoms with Gasteiger partial charge >= 0.3 is 0 Å². The summed E-state index contributed by atoms with van der Waals surface area (Å²) in [6.45, 7) is 6.77. The van der Waals surface area contributed by atoms with Crippen LogP contribution in [-0.4, -0.2) is 34.0 Å². The number of phenolic OH excluding ortho intramolecular Hbond substituents is 1. The largest absolute Gasteiger partial charge is 0.507 e. The van der Waals surface area contributed by atoms with Crippen molar-refractivity contribution in [2.24, 2.45) is 4.40 Å². The highest BCUT2D eigenvalue weighted by molar-refractivity contribution is 7.91. The molecule has 156 valence electrons. The third-order valence-electron chi connectivity index (χ3n) is 4.66. The highest BCUT2D eigenvalue weighted by Gasteiger charge is 2.32. The number of halogens is 1. The number of aromatic hydroxyl groups is 1. The van der Waals surface area contributed by atoms with Gasteiger partial charge in [-0.05, 0) is 42.2 Å². The van der Waals surface area contributed by atoms with E-state index in [1.165, 1.54) is 25.1 Å². The second-order valence-corrected chi connectivity index (χ2v) is 11.6. The van der Waals surface area contributed by atoms with E-state index in [4.69, 9.17) is 0 Å². The molecule has 2 aromatic carbocycles. The second kappa shape index (κ2) is 6.53. The van der Waals surface area contributed by atoms with Crippen LogP contribution in [0.2, 0.25) is 0 Å². The summed E-state index contributed by atoms with van der Waals surface area (Å²) in [7, 11) is -7.91. The average Bonchev–Trinajstić information content (AvgIpc) is 2.55. The van der Waals surface area contributed by atoms with Gasteiger partial charge in [0.25, 0.3) is 10.0 Å². The smallest absolute Gasteiger partial charge is 0.286 e. The highest BCUT2D eigenvalue weighted by atomic mass is 32.2. The molecule has 0 aliphatic carbocycles. The van der Waals surface area contributed by atoms with Gasteiger partial charge in [-0.2, -0.15) is 8.42 Å². The van der Waals surface area contributed by atoms with Gasteiger partial charge in [0.15, 0.2) is 15.7 Å². The molecule has 0 saturated carbocycles. The van der Waals surface area contributed by atoms with Gasteiger partial charge in [-0.25, -0.2) is 12.8 Å². The summed E-state index contributed by atoms with van der Waals surface area (Å²) in [6, 6.07) is 4.80. The number of hydrogen-bond donors (Lipinski definition) is 2. The van der Waals surface area contributed by atoms with Crippen LogP contribution in [0, 0.1) is 12.7 Å². The molecule has 1 aliphatic rings. The lowest BCUT2D eigenvalue weighted by Gasteiger charge is -2.25. The summed E-state index contributed by atoms with van der Waals surface area (Å²) in [5.74, 6) is -1.11. The third-order valence-corrected chi connectivity index (χ3v) is 7.09. The van der Waals surface area contributed by atoms with Crippen LogP contribution in [0.15, 0.2) is 38.5 Å². The van der Waals surface area contributed by atoms with Crippen LogP contribution in [0.1, 0.15) is 37.5 Å². The van der Waals surface area contributed by atoms with E-state index in [9.17, 15) is 26.3 Å². The van der Waals surface area contributed by atoms with Gasteiger partial charge in [0.05, 0.1) is 16.1 Å². The summed E-state index contributed by atoms with van der Waals surface area (Å²) in [5, 5.41) is 13.6. The maximum Gasteiger partial charge on any atom is 0.286 e. The number of fused-ring (bicyclic) bond motifs is 1. The molecule has 2 aromatic rings. The monoisotopic (exact) mass is 440 g/mol. The van der Waals surface area contributed by atoms with E-state index in [1.54, 1.807) is 20.8 Å².